The van der Waals surface area contributed by atoms with E-state index in [2.05, 4.69) is 10.3 Å². The summed E-state index contributed by atoms with van der Waals surface area (Å²) in [6, 6.07) is 4.32. The first-order valence-electron chi connectivity index (χ1n) is 5.12. The normalized spacial score (nSPS) is 12.7. The average Bonchev–Trinajstić information content (AvgIpc) is 2.68. The maximum Gasteiger partial charge on any atom is 0.146 e. The quantitative estimate of drug-likeness (QED) is 0.910. The largest absolute Gasteiger partial charge is 0.324 e. The van der Waals surface area contributed by atoms with Crippen LogP contribution in [0.15, 0.2) is 24.4 Å². The van der Waals surface area contributed by atoms with Crippen LogP contribution in [-0.4, -0.2) is 15.0 Å². The van der Waals surface area contributed by atoms with Crippen molar-refractivity contribution in [1.82, 2.24) is 15.0 Å². The average molecular weight is 255 g/mol. The van der Waals surface area contributed by atoms with Crippen LogP contribution in [-0.2, 0) is 13.5 Å². The Hall–Kier alpha value is -1.46. The Morgan fingerprint density at radius 1 is 1.53 bits per heavy atom. The molecular formula is C11H12ClFN4. The lowest BCUT2D eigenvalue weighted by atomic mass is 10.0. The predicted molar refractivity (Wildman–Crippen MR) is 63.0 cm³/mol. The fourth-order valence-corrected chi connectivity index (χ4v) is 1.81. The molecule has 0 bridgehead atoms. The number of nitrogens with zero attached hydrogens (tertiary/aromatic N) is 3. The molecule has 1 unspecified atom stereocenters. The summed E-state index contributed by atoms with van der Waals surface area (Å²) in [6.07, 6.45) is 2.17. The van der Waals surface area contributed by atoms with Crippen molar-refractivity contribution in [2.45, 2.75) is 12.5 Å². The molecule has 0 fully saturated rings. The monoisotopic (exact) mass is 254 g/mol. The van der Waals surface area contributed by atoms with E-state index in [1.54, 1.807) is 30.1 Å². The summed E-state index contributed by atoms with van der Waals surface area (Å²) in [7, 11) is 1.77. The van der Waals surface area contributed by atoms with Crippen LogP contribution in [0.25, 0.3) is 0 Å². The van der Waals surface area contributed by atoms with Crippen molar-refractivity contribution in [2.75, 3.05) is 0 Å². The van der Waals surface area contributed by atoms with Gasteiger partial charge in [0.15, 0.2) is 0 Å². The summed E-state index contributed by atoms with van der Waals surface area (Å²) in [5, 5.41) is 7.79. The van der Waals surface area contributed by atoms with E-state index in [0.29, 0.717) is 12.0 Å². The minimum atomic E-state index is -0.481. The first kappa shape index (κ1) is 12.0. The third-order valence-electron chi connectivity index (χ3n) is 2.46. The molecule has 0 aliphatic heterocycles. The highest BCUT2D eigenvalue weighted by Crippen LogP contribution is 2.23. The Morgan fingerprint density at radius 2 is 2.29 bits per heavy atom. The van der Waals surface area contributed by atoms with Crippen LogP contribution < -0.4 is 5.73 Å². The Labute approximate surface area is 103 Å². The molecule has 0 spiro atoms. The van der Waals surface area contributed by atoms with E-state index >= 15 is 0 Å². The molecule has 0 saturated heterocycles. The summed E-state index contributed by atoms with van der Waals surface area (Å²) in [5.74, 6) is -0.467. The van der Waals surface area contributed by atoms with Gasteiger partial charge in [0.2, 0.25) is 0 Å². The van der Waals surface area contributed by atoms with E-state index < -0.39 is 11.9 Å². The smallest absolute Gasteiger partial charge is 0.146 e. The third-order valence-corrected chi connectivity index (χ3v) is 2.75. The number of benzene rings is 1. The van der Waals surface area contributed by atoms with E-state index in [1.165, 1.54) is 6.07 Å². The third kappa shape index (κ3) is 2.62. The number of hydrogen-bond donors (Lipinski definition) is 1. The van der Waals surface area contributed by atoms with Crippen LogP contribution in [0, 0.1) is 5.82 Å². The standard InChI is InChI=1S/C11H12ClFN4/c1-17-6-7(15-16-17)5-10(14)8-3-2-4-9(12)11(8)13/h2-4,6,10H,5,14H2,1H3. The van der Waals surface area contributed by atoms with Crippen molar-refractivity contribution in [3.63, 3.8) is 0 Å². The SMILES string of the molecule is Cn1cc(CC(N)c2cccc(Cl)c2F)nn1. The van der Waals surface area contributed by atoms with Gasteiger partial charge >= 0.3 is 0 Å². The second-order valence-electron chi connectivity index (χ2n) is 3.84. The van der Waals surface area contributed by atoms with Crippen LogP contribution in [0.4, 0.5) is 4.39 Å². The second kappa shape index (κ2) is 4.81. The molecule has 0 amide bonds. The van der Waals surface area contributed by atoms with Crippen LogP contribution >= 0.6 is 11.6 Å². The first-order valence-corrected chi connectivity index (χ1v) is 5.50. The van der Waals surface area contributed by atoms with E-state index in [1.807, 2.05) is 0 Å². The van der Waals surface area contributed by atoms with Crippen molar-refractivity contribution in [2.24, 2.45) is 12.8 Å². The molecule has 90 valence electrons. The van der Waals surface area contributed by atoms with Crippen LogP contribution in [0.2, 0.25) is 5.02 Å². The van der Waals surface area contributed by atoms with E-state index in [9.17, 15) is 4.39 Å². The van der Waals surface area contributed by atoms with Gasteiger partial charge in [-0.15, -0.1) is 5.10 Å². The van der Waals surface area contributed by atoms with Gasteiger partial charge < -0.3 is 5.73 Å². The molecule has 1 atom stereocenters. The molecule has 17 heavy (non-hydrogen) atoms. The van der Waals surface area contributed by atoms with Gasteiger partial charge in [-0.3, -0.25) is 4.68 Å². The number of halogens is 2. The highest BCUT2D eigenvalue weighted by Gasteiger charge is 2.15. The Balaban J connectivity index is 2.20. The number of nitrogens with two attached hydrogens (primary N) is 1. The second-order valence-corrected chi connectivity index (χ2v) is 4.24. The Kier molecular flexibility index (Phi) is 3.40. The Morgan fingerprint density at radius 3 is 2.94 bits per heavy atom. The minimum Gasteiger partial charge on any atom is -0.324 e. The molecule has 0 radical (unpaired) electrons. The van der Waals surface area contributed by atoms with Gasteiger partial charge in [-0.2, -0.15) is 0 Å². The molecule has 0 aliphatic rings. The fourth-order valence-electron chi connectivity index (χ4n) is 1.63. The van der Waals surface area contributed by atoms with Gasteiger partial charge in [0.1, 0.15) is 5.82 Å². The summed E-state index contributed by atoms with van der Waals surface area (Å²) < 4.78 is 15.3. The van der Waals surface area contributed by atoms with Gasteiger partial charge in [0.25, 0.3) is 0 Å². The van der Waals surface area contributed by atoms with Crippen molar-refractivity contribution < 1.29 is 4.39 Å². The molecule has 4 nitrogen and oxygen atoms in total. The van der Waals surface area contributed by atoms with Gasteiger partial charge in [-0.25, -0.2) is 4.39 Å². The predicted octanol–water partition coefficient (Wildman–Crippen LogP) is 1.85. The minimum absolute atomic E-state index is 0.0806. The van der Waals surface area contributed by atoms with E-state index in [4.69, 9.17) is 17.3 Å². The van der Waals surface area contributed by atoms with Gasteiger partial charge in [-0.05, 0) is 6.07 Å². The maximum atomic E-state index is 13.7. The van der Waals surface area contributed by atoms with Crippen LogP contribution in [0.1, 0.15) is 17.3 Å². The zero-order chi connectivity index (χ0) is 12.4. The molecule has 0 saturated carbocycles. The highest BCUT2D eigenvalue weighted by atomic mass is 35.5. The first-order chi connectivity index (χ1) is 8.08. The van der Waals surface area contributed by atoms with Crippen molar-refractivity contribution in [3.8, 4) is 0 Å². The number of aryl methyl sites for hydroxylation is 1. The van der Waals surface area contributed by atoms with Crippen LogP contribution in [0.3, 0.4) is 0 Å². The van der Waals surface area contributed by atoms with Crippen molar-refractivity contribution in [1.29, 1.82) is 0 Å². The van der Waals surface area contributed by atoms with Gasteiger partial charge in [0, 0.05) is 31.3 Å². The zero-order valence-corrected chi connectivity index (χ0v) is 10.0. The summed E-state index contributed by atoms with van der Waals surface area (Å²) in [5.41, 5.74) is 7.04. The molecule has 1 aromatic heterocycles. The van der Waals surface area contributed by atoms with Crippen molar-refractivity contribution >= 4 is 11.6 Å². The zero-order valence-electron chi connectivity index (χ0n) is 9.27. The molecule has 2 aromatic rings. The lowest BCUT2D eigenvalue weighted by molar-refractivity contribution is 0.578. The lowest BCUT2D eigenvalue weighted by Crippen LogP contribution is -2.15. The summed E-state index contributed by atoms with van der Waals surface area (Å²) in [4.78, 5) is 0. The highest BCUT2D eigenvalue weighted by molar-refractivity contribution is 6.30. The molecule has 6 heteroatoms. The number of aromatic nitrogens is 3. The fraction of sp³-hybridized carbons (Fsp3) is 0.273. The van der Waals surface area contributed by atoms with Gasteiger partial charge in [-0.1, -0.05) is 28.9 Å². The molecular weight excluding hydrogens is 243 g/mol. The van der Waals surface area contributed by atoms with Gasteiger partial charge in [0.05, 0.1) is 10.7 Å². The maximum absolute atomic E-state index is 13.7. The Bertz CT molecular complexity index is 526. The van der Waals surface area contributed by atoms with E-state index in [0.717, 1.165) is 5.69 Å². The molecule has 0 aliphatic carbocycles. The van der Waals surface area contributed by atoms with E-state index in [-0.39, 0.29) is 5.02 Å². The molecule has 1 aromatic carbocycles. The van der Waals surface area contributed by atoms with Crippen LogP contribution in [0.5, 0.6) is 0 Å². The molecule has 2 rings (SSSR count). The topological polar surface area (TPSA) is 56.7 Å². The molecule has 1 heterocycles. The molecule has 2 N–H and O–H groups in total. The van der Waals surface area contributed by atoms with Crippen molar-refractivity contribution in [3.05, 3.63) is 46.5 Å². The summed E-state index contributed by atoms with van der Waals surface area (Å²) in [6.45, 7) is 0. The summed E-state index contributed by atoms with van der Waals surface area (Å²) >= 11 is 5.70. The number of rotatable bonds is 3. The lowest BCUT2D eigenvalue weighted by Gasteiger charge is -2.11. The number of hydrogen-bond acceptors (Lipinski definition) is 3.